The van der Waals surface area contributed by atoms with Gasteiger partial charge in [0.15, 0.2) is 0 Å². The van der Waals surface area contributed by atoms with Crippen molar-refractivity contribution in [1.29, 1.82) is 0 Å². The Morgan fingerprint density at radius 1 is 1.21 bits per heavy atom. The molecule has 11 heteroatoms. The highest BCUT2D eigenvalue weighted by atomic mass is 32.2. The molecule has 2 aromatic rings. The SMILES string of the molecule is CCOC(=O)c1ccc(S(=O)(=O)N2CCN(CCn3c(C)csc3=O)CC2)o1. The topological polar surface area (TPSA) is 102 Å². The number of hydrogen-bond donors (Lipinski definition) is 0. The van der Waals surface area contributed by atoms with E-state index >= 15 is 0 Å². The summed E-state index contributed by atoms with van der Waals surface area (Å²) in [7, 11) is -3.81. The lowest BCUT2D eigenvalue weighted by Crippen LogP contribution is -2.49. The van der Waals surface area contributed by atoms with Crippen molar-refractivity contribution in [2.45, 2.75) is 25.5 Å². The van der Waals surface area contributed by atoms with E-state index in [4.69, 9.17) is 9.15 Å². The molecule has 1 aliphatic rings. The van der Waals surface area contributed by atoms with Gasteiger partial charge in [0, 0.05) is 50.3 Å². The highest BCUT2D eigenvalue weighted by molar-refractivity contribution is 7.89. The van der Waals surface area contributed by atoms with Gasteiger partial charge in [0.1, 0.15) is 0 Å². The van der Waals surface area contributed by atoms with E-state index in [9.17, 15) is 18.0 Å². The van der Waals surface area contributed by atoms with Crippen LogP contribution in [0.1, 0.15) is 23.2 Å². The van der Waals surface area contributed by atoms with Gasteiger partial charge in [-0.2, -0.15) is 4.31 Å². The molecule has 0 N–H and O–H groups in total. The standard InChI is InChI=1S/C17H23N3O6S2/c1-3-25-16(21)14-4-5-15(26-14)28(23,24)19-9-6-18(7-10-19)8-11-20-13(2)12-27-17(20)22/h4-5,12H,3,6-11H2,1-2H3. The number of rotatable bonds is 7. The normalized spacial score (nSPS) is 16.4. The molecule has 9 nitrogen and oxygen atoms in total. The maximum absolute atomic E-state index is 12.7. The number of hydrogen-bond acceptors (Lipinski definition) is 8. The molecule has 0 radical (unpaired) electrons. The Hall–Kier alpha value is -1.95. The summed E-state index contributed by atoms with van der Waals surface area (Å²) in [5.74, 6) is -0.816. The minimum Gasteiger partial charge on any atom is -0.460 e. The van der Waals surface area contributed by atoms with Crippen LogP contribution in [0.15, 0.2) is 31.8 Å². The second kappa shape index (κ2) is 8.60. The van der Waals surface area contributed by atoms with E-state index in [1.54, 1.807) is 11.5 Å². The van der Waals surface area contributed by atoms with Crippen molar-refractivity contribution in [3.05, 3.63) is 38.6 Å². The fourth-order valence-corrected chi connectivity index (χ4v) is 5.10. The Bertz CT molecular complexity index is 983. The minimum atomic E-state index is -3.81. The van der Waals surface area contributed by atoms with Gasteiger partial charge in [0.05, 0.1) is 6.61 Å². The molecule has 0 amide bonds. The molecular weight excluding hydrogens is 406 g/mol. The zero-order valence-corrected chi connectivity index (χ0v) is 17.4. The third kappa shape index (κ3) is 4.37. The van der Waals surface area contributed by atoms with Crippen LogP contribution in [0.3, 0.4) is 0 Å². The smallest absolute Gasteiger partial charge is 0.374 e. The second-order valence-electron chi connectivity index (χ2n) is 6.38. The molecule has 0 atom stereocenters. The van der Waals surface area contributed by atoms with Crippen LogP contribution in [0.5, 0.6) is 0 Å². The van der Waals surface area contributed by atoms with Gasteiger partial charge >= 0.3 is 10.8 Å². The maximum Gasteiger partial charge on any atom is 0.374 e. The first-order valence-electron chi connectivity index (χ1n) is 8.97. The van der Waals surface area contributed by atoms with E-state index in [1.807, 2.05) is 12.3 Å². The lowest BCUT2D eigenvalue weighted by atomic mass is 10.3. The van der Waals surface area contributed by atoms with Gasteiger partial charge in [0.25, 0.3) is 10.0 Å². The molecule has 0 aromatic carbocycles. The molecule has 28 heavy (non-hydrogen) atoms. The fourth-order valence-electron chi connectivity index (χ4n) is 3.01. The van der Waals surface area contributed by atoms with E-state index in [2.05, 4.69) is 4.90 Å². The van der Waals surface area contributed by atoms with Gasteiger partial charge < -0.3 is 13.7 Å². The number of piperazine rings is 1. The van der Waals surface area contributed by atoms with Crippen molar-refractivity contribution in [2.24, 2.45) is 0 Å². The van der Waals surface area contributed by atoms with Crippen LogP contribution >= 0.6 is 11.3 Å². The molecule has 1 fully saturated rings. The molecule has 154 valence electrons. The van der Waals surface area contributed by atoms with E-state index in [-0.39, 0.29) is 22.3 Å². The summed E-state index contributed by atoms with van der Waals surface area (Å²) in [6.45, 7) is 6.75. The highest BCUT2D eigenvalue weighted by Gasteiger charge is 2.31. The van der Waals surface area contributed by atoms with Crippen molar-refractivity contribution in [3.63, 3.8) is 0 Å². The van der Waals surface area contributed by atoms with Crippen LogP contribution < -0.4 is 4.87 Å². The zero-order valence-electron chi connectivity index (χ0n) is 15.8. The summed E-state index contributed by atoms with van der Waals surface area (Å²) >= 11 is 1.18. The Morgan fingerprint density at radius 3 is 2.54 bits per heavy atom. The molecule has 0 aliphatic carbocycles. The molecule has 0 unspecified atom stereocenters. The largest absolute Gasteiger partial charge is 0.460 e. The zero-order chi connectivity index (χ0) is 20.3. The van der Waals surface area contributed by atoms with Crippen LogP contribution in [0.25, 0.3) is 0 Å². The summed E-state index contributed by atoms with van der Waals surface area (Å²) in [6, 6.07) is 2.59. The number of thiazole rings is 1. The average molecular weight is 430 g/mol. The third-order valence-corrected chi connectivity index (χ3v) is 7.25. The van der Waals surface area contributed by atoms with Crippen LogP contribution in [-0.4, -0.2) is 67.5 Å². The van der Waals surface area contributed by atoms with Crippen molar-refractivity contribution < 1.29 is 22.4 Å². The fraction of sp³-hybridized carbons (Fsp3) is 0.529. The lowest BCUT2D eigenvalue weighted by molar-refractivity contribution is 0.0483. The van der Waals surface area contributed by atoms with Crippen LogP contribution in [0.2, 0.25) is 0 Å². The van der Waals surface area contributed by atoms with E-state index in [0.717, 1.165) is 5.69 Å². The number of carbonyl (C=O) groups excluding carboxylic acids is 1. The second-order valence-corrected chi connectivity index (χ2v) is 9.07. The van der Waals surface area contributed by atoms with Crippen LogP contribution in [-0.2, 0) is 21.3 Å². The average Bonchev–Trinajstić information content (AvgIpc) is 3.29. The maximum atomic E-state index is 12.7. The first-order valence-corrected chi connectivity index (χ1v) is 11.3. The summed E-state index contributed by atoms with van der Waals surface area (Å²) in [4.78, 5) is 25.6. The predicted molar refractivity (Wildman–Crippen MR) is 103 cm³/mol. The molecule has 2 aromatic heterocycles. The predicted octanol–water partition coefficient (Wildman–Crippen LogP) is 0.994. The summed E-state index contributed by atoms with van der Waals surface area (Å²) in [5.41, 5.74) is 0.937. The minimum absolute atomic E-state index is 0.0222. The van der Waals surface area contributed by atoms with Gasteiger partial charge in [-0.3, -0.25) is 9.69 Å². The molecule has 0 bridgehead atoms. The van der Waals surface area contributed by atoms with E-state index in [1.165, 1.54) is 27.8 Å². The third-order valence-electron chi connectivity index (χ3n) is 4.60. The van der Waals surface area contributed by atoms with Crippen LogP contribution in [0, 0.1) is 6.92 Å². The number of esters is 1. The van der Waals surface area contributed by atoms with E-state index < -0.39 is 16.0 Å². The number of furan rings is 1. The van der Waals surface area contributed by atoms with Crippen molar-refractivity contribution in [1.82, 2.24) is 13.8 Å². The lowest BCUT2D eigenvalue weighted by Gasteiger charge is -2.33. The number of carbonyl (C=O) groups is 1. The molecule has 1 saturated heterocycles. The highest BCUT2D eigenvalue weighted by Crippen LogP contribution is 2.21. The summed E-state index contributed by atoms with van der Waals surface area (Å²) < 4.78 is 38.6. The Balaban J connectivity index is 1.58. The molecule has 0 spiro atoms. The number of aryl methyl sites for hydroxylation is 1. The first-order chi connectivity index (χ1) is 13.3. The molecule has 3 rings (SSSR count). The summed E-state index contributed by atoms with van der Waals surface area (Å²) in [5, 5.41) is 1.57. The number of aromatic nitrogens is 1. The van der Waals surface area contributed by atoms with Gasteiger partial charge in [-0.25, -0.2) is 13.2 Å². The number of sulfonamides is 1. The van der Waals surface area contributed by atoms with Crippen molar-refractivity contribution in [2.75, 3.05) is 39.3 Å². The van der Waals surface area contributed by atoms with Gasteiger partial charge in [-0.05, 0) is 26.0 Å². The van der Waals surface area contributed by atoms with Gasteiger partial charge in [-0.1, -0.05) is 11.3 Å². The van der Waals surface area contributed by atoms with Crippen molar-refractivity contribution in [3.8, 4) is 0 Å². The Labute approximate surface area is 167 Å². The number of nitrogens with zero attached hydrogens (tertiary/aromatic N) is 3. The van der Waals surface area contributed by atoms with Gasteiger partial charge in [0.2, 0.25) is 10.9 Å². The van der Waals surface area contributed by atoms with Crippen LogP contribution in [0.4, 0.5) is 0 Å². The first kappa shape index (κ1) is 20.8. The number of ether oxygens (including phenoxy) is 1. The monoisotopic (exact) mass is 429 g/mol. The van der Waals surface area contributed by atoms with E-state index in [0.29, 0.717) is 39.3 Å². The Kier molecular flexibility index (Phi) is 6.38. The summed E-state index contributed by atoms with van der Waals surface area (Å²) in [6.07, 6.45) is 0. The molecule has 3 heterocycles. The van der Waals surface area contributed by atoms with Gasteiger partial charge in [-0.15, -0.1) is 0 Å². The molecular formula is C17H23N3O6S2. The molecule has 0 saturated carbocycles. The quantitative estimate of drug-likeness (QED) is 0.605. The molecule has 1 aliphatic heterocycles. The Morgan fingerprint density at radius 2 is 1.93 bits per heavy atom. The van der Waals surface area contributed by atoms with Crippen molar-refractivity contribution >= 4 is 27.3 Å².